The topological polar surface area (TPSA) is 95.8 Å². The minimum absolute atomic E-state index is 0.0562. The zero-order valence-corrected chi connectivity index (χ0v) is 13.7. The number of nitrogens with one attached hydrogen (secondary N) is 3. The summed E-state index contributed by atoms with van der Waals surface area (Å²) < 4.78 is 0. The van der Waals surface area contributed by atoms with Crippen LogP contribution in [0, 0.1) is 6.92 Å². The molecule has 3 rings (SSSR count). The maximum absolute atomic E-state index is 12.5. The molecule has 0 spiro atoms. The van der Waals surface area contributed by atoms with Gasteiger partial charge in [-0.25, -0.2) is 0 Å². The highest BCUT2D eigenvalue weighted by atomic mass is 32.1. The number of hydrogen-bond acceptors (Lipinski definition) is 5. The van der Waals surface area contributed by atoms with Gasteiger partial charge < -0.3 is 16.4 Å². The molecule has 0 radical (unpaired) electrons. The van der Waals surface area contributed by atoms with Gasteiger partial charge in [0.2, 0.25) is 0 Å². The summed E-state index contributed by atoms with van der Waals surface area (Å²) in [5.41, 5.74) is 9.04. The number of rotatable bonds is 4. The molecular formula is C16H19N5OS. The molecule has 0 aromatic carbocycles. The van der Waals surface area contributed by atoms with Crippen LogP contribution in [0.25, 0.3) is 10.4 Å². The fourth-order valence-electron chi connectivity index (χ4n) is 2.48. The number of H-pyrrole nitrogens is 1. The van der Waals surface area contributed by atoms with Gasteiger partial charge in [-0.05, 0) is 19.4 Å². The number of carbonyl (C=O) groups is 1. The van der Waals surface area contributed by atoms with E-state index >= 15 is 0 Å². The Morgan fingerprint density at radius 3 is 3.00 bits per heavy atom. The van der Waals surface area contributed by atoms with E-state index in [1.165, 1.54) is 11.3 Å². The molecule has 1 aliphatic heterocycles. The SMILES string of the molecule is C=C(NC(=O)c1sc(-c2cn[nH]c2C)cc1N)C1CC=CCN1. The van der Waals surface area contributed by atoms with Crippen LogP contribution >= 0.6 is 11.3 Å². The number of aromatic amines is 1. The monoisotopic (exact) mass is 329 g/mol. The Morgan fingerprint density at radius 2 is 2.35 bits per heavy atom. The number of anilines is 1. The van der Waals surface area contributed by atoms with Gasteiger partial charge in [0.05, 0.1) is 17.9 Å². The third kappa shape index (κ3) is 3.20. The van der Waals surface area contributed by atoms with E-state index in [0.717, 1.165) is 29.1 Å². The standard InChI is InChI=1S/C16H19N5OS/c1-9-11(8-19-21-9)14-7-12(17)15(23-14)16(22)20-10(2)13-5-3-4-6-18-13/h3-4,7-8,13,18H,2,5-6,17H2,1H3,(H,19,21)(H,20,22). The number of amides is 1. The molecule has 120 valence electrons. The van der Waals surface area contributed by atoms with Crippen LogP contribution in [0.2, 0.25) is 0 Å². The summed E-state index contributed by atoms with van der Waals surface area (Å²) in [6.45, 7) is 6.68. The molecular weight excluding hydrogens is 310 g/mol. The molecule has 3 heterocycles. The Morgan fingerprint density at radius 1 is 1.52 bits per heavy atom. The van der Waals surface area contributed by atoms with E-state index in [9.17, 15) is 4.79 Å². The number of nitrogens with zero attached hydrogens (tertiary/aromatic N) is 1. The lowest BCUT2D eigenvalue weighted by molar-refractivity contribution is 0.0967. The largest absolute Gasteiger partial charge is 0.397 e. The molecule has 1 aliphatic rings. The maximum Gasteiger partial charge on any atom is 0.267 e. The van der Waals surface area contributed by atoms with E-state index < -0.39 is 0 Å². The number of aryl methyl sites for hydroxylation is 1. The fourth-order valence-corrected chi connectivity index (χ4v) is 3.52. The number of aromatic nitrogens is 2. The number of nitrogen functional groups attached to an aromatic ring is 1. The minimum Gasteiger partial charge on any atom is -0.397 e. The van der Waals surface area contributed by atoms with Crippen LogP contribution in [0.5, 0.6) is 0 Å². The first-order valence-corrected chi connectivity index (χ1v) is 8.16. The van der Waals surface area contributed by atoms with Gasteiger partial charge in [-0.1, -0.05) is 18.7 Å². The van der Waals surface area contributed by atoms with Gasteiger partial charge in [0, 0.05) is 28.4 Å². The number of carbonyl (C=O) groups excluding carboxylic acids is 1. The molecule has 2 aromatic rings. The first-order valence-electron chi connectivity index (χ1n) is 7.34. The van der Waals surface area contributed by atoms with E-state index in [0.29, 0.717) is 16.3 Å². The highest BCUT2D eigenvalue weighted by molar-refractivity contribution is 7.18. The summed E-state index contributed by atoms with van der Waals surface area (Å²) in [5, 5.41) is 13.0. The van der Waals surface area contributed by atoms with Crippen molar-refractivity contribution in [3.63, 3.8) is 0 Å². The molecule has 1 atom stereocenters. The molecule has 23 heavy (non-hydrogen) atoms. The fraction of sp³-hybridized carbons (Fsp3) is 0.250. The molecule has 0 saturated heterocycles. The average Bonchev–Trinajstić information content (AvgIpc) is 3.13. The summed E-state index contributed by atoms with van der Waals surface area (Å²) in [7, 11) is 0. The van der Waals surface area contributed by atoms with Crippen molar-refractivity contribution >= 4 is 22.9 Å². The minimum atomic E-state index is -0.221. The van der Waals surface area contributed by atoms with Crippen molar-refractivity contribution in [2.75, 3.05) is 12.3 Å². The smallest absolute Gasteiger partial charge is 0.267 e. The summed E-state index contributed by atoms with van der Waals surface area (Å²) >= 11 is 1.36. The molecule has 0 bridgehead atoms. The summed E-state index contributed by atoms with van der Waals surface area (Å²) in [4.78, 5) is 13.9. The molecule has 2 aromatic heterocycles. The third-order valence-electron chi connectivity index (χ3n) is 3.78. The molecule has 5 N–H and O–H groups in total. The molecule has 0 fully saturated rings. The zero-order chi connectivity index (χ0) is 16.4. The predicted molar refractivity (Wildman–Crippen MR) is 93.2 cm³/mol. The average molecular weight is 329 g/mol. The molecule has 7 heteroatoms. The van der Waals surface area contributed by atoms with Crippen LogP contribution in [0.4, 0.5) is 5.69 Å². The van der Waals surface area contributed by atoms with Gasteiger partial charge in [-0.3, -0.25) is 9.89 Å². The molecule has 1 unspecified atom stereocenters. The lowest BCUT2D eigenvalue weighted by Crippen LogP contribution is -2.39. The first kappa shape index (κ1) is 15.5. The quantitative estimate of drug-likeness (QED) is 0.647. The second kappa shape index (κ2) is 6.39. The Balaban J connectivity index is 1.75. The van der Waals surface area contributed by atoms with Crippen molar-refractivity contribution < 1.29 is 4.79 Å². The normalized spacial score (nSPS) is 17.2. The number of hydrogen-bond donors (Lipinski definition) is 4. The van der Waals surface area contributed by atoms with E-state index in [4.69, 9.17) is 5.73 Å². The van der Waals surface area contributed by atoms with Gasteiger partial charge in [0.1, 0.15) is 4.88 Å². The van der Waals surface area contributed by atoms with E-state index in [1.54, 1.807) is 6.20 Å². The highest BCUT2D eigenvalue weighted by Crippen LogP contribution is 2.34. The third-order valence-corrected chi connectivity index (χ3v) is 4.96. The first-order chi connectivity index (χ1) is 11.1. The second-order valence-electron chi connectivity index (χ2n) is 5.45. The Bertz CT molecular complexity index is 773. The van der Waals surface area contributed by atoms with Crippen molar-refractivity contribution in [3.8, 4) is 10.4 Å². The van der Waals surface area contributed by atoms with Crippen molar-refractivity contribution in [1.82, 2.24) is 20.8 Å². The van der Waals surface area contributed by atoms with E-state index in [2.05, 4.69) is 39.6 Å². The summed E-state index contributed by atoms with van der Waals surface area (Å²) in [6, 6.07) is 1.86. The summed E-state index contributed by atoms with van der Waals surface area (Å²) in [5.74, 6) is -0.221. The molecule has 1 amide bonds. The van der Waals surface area contributed by atoms with Gasteiger partial charge in [-0.2, -0.15) is 5.10 Å². The van der Waals surface area contributed by atoms with E-state index in [-0.39, 0.29) is 11.9 Å². The van der Waals surface area contributed by atoms with Crippen LogP contribution < -0.4 is 16.4 Å². The second-order valence-corrected chi connectivity index (χ2v) is 6.50. The van der Waals surface area contributed by atoms with Gasteiger partial charge in [0.15, 0.2) is 0 Å². The van der Waals surface area contributed by atoms with Crippen LogP contribution in [0.1, 0.15) is 21.8 Å². The maximum atomic E-state index is 12.5. The van der Waals surface area contributed by atoms with Crippen LogP contribution in [0.15, 0.2) is 36.7 Å². The summed E-state index contributed by atoms with van der Waals surface area (Å²) in [6.07, 6.45) is 6.69. The van der Waals surface area contributed by atoms with Gasteiger partial charge >= 0.3 is 0 Å². The van der Waals surface area contributed by atoms with Crippen molar-refractivity contribution in [2.45, 2.75) is 19.4 Å². The van der Waals surface area contributed by atoms with Crippen LogP contribution in [-0.2, 0) is 0 Å². The number of thiophene rings is 1. The molecule has 0 saturated carbocycles. The molecule has 6 nitrogen and oxygen atoms in total. The number of nitrogens with two attached hydrogens (primary N) is 1. The zero-order valence-electron chi connectivity index (χ0n) is 12.8. The lowest BCUT2D eigenvalue weighted by atomic mass is 10.1. The van der Waals surface area contributed by atoms with Crippen LogP contribution in [-0.4, -0.2) is 28.7 Å². The Hall–Kier alpha value is -2.38. The van der Waals surface area contributed by atoms with Crippen molar-refractivity contribution in [2.24, 2.45) is 0 Å². The van der Waals surface area contributed by atoms with E-state index in [1.807, 2.05) is 13.0 Å². The van der Waals surface area contributed by atoms with Crippen molar-refractivity contribution in [1.29, 1.82) is 0 Å². The predicted octanol–water partition coefficient (Wildman–Crippen LogP) is 2.19. The Labute approximate surface area is 138 Å². The van der Waals surface area contributed by atoms with Gasteiger partial charge in [0.25, 0.3) is 5.91 Å². The molecule has 0 aliphatic carbocycles. The highest BCUT2D eigenvalue weighted by Gasteiger charge is 2.20. The Kier molecular flexibility index (Phi) is 4.31. The lowest BCUT2D eigenvalue weighted by Gasteiger charge is -2.22. The van der Waals surface area contributed by atoms with Gasteiger partial charge in [-0.15, -0.1) is 11.3 Å². The van der Waals surface area contributed by atoms with Crippen LogP contribution in [0.3, 0.4) is 0 Å². The van der Waals surface area contributed by atoms with Crippen molar-refractivity contribution in [3.05, 3.63) is 47.3 Å².